The zero-order valence-corrected chi connectivity index (χ0v) is 80.3. The van der Waals surface area contributed by atoms with E-state index in [1.54, 1.807) is 115 Å². The predicted molar refractivity (Wildman–Crippen MR) is 572 cm³/mol. The SMILES string of the molecule is Cc1ccc(-c2ccc3c4ccccc4n(-c4cccc5c4C(=O)N(c4ccccc4-c4ccccc4)C5=O)c3c2)c(C(F)(F)F)c1.Cc1ccc(-c2cccc3c4cccc(-c5ccc(C(F)(F)F)cc5C(F)(F)F)c4n(-c4cccc5c4C(=O)N(c4ccccc4-c4ccccc4)C5=O)c23)c(C)c1.Cc1ccc(-c2cccc3c4ccccc4n(-c4cccc5c4C(=O)N(c4ccccc4-c4ccccc4)C5=O)c23)c(C)c1. The Hall–Kier alpha value is -18.6. The van der Waals surface area contributed by atoms with Gasteiger partial charge in [0.1, 0.15) is 0 Å². The van der Waals surface area contributed by atoms with Crippen LogP contribution in [0.25, 0.3) is 160 Å². The normalized spacial score (nSPS) is 13.1. The first-order valence-corrected chi connectivity index (χ1v) is 48.2. The molecule has 0 N–H and O–H groups in total. The Balaban J connectivity index is 0.000000124. The minimum atomic E-state index is -5.16. The van der Waals surface area contributed by atoms with Gasteiger partial charge in [-0.3, -0.25) is 28.8 Å². The van der Waals surface area contributed by atoms with Crippen LogP contribution < -0.4 is 14.7 Å². The molecule has 3 aliphatic heterocycles. The average molecular weight is 1970 g/mol. The third-order valence-electron chi connectivity index (χ3n) is 28.3. The molecule has 3 aliphatic rings. The van der Waals surface area contributed by atoms with Crippen LogP contribution in [0, 0.1) is 34.6 Å². The molecule has 0 atom stereocenters. The lowest BCUT2D eigenvalue weighted by Gasteiger charge is -2.20. The smallest absolute Gasteiger partial charge is 0.308 e. The summed E-state index contributed by atoms with van der Waals surface area (Å²) in [6.07, 6.45) is -14.7. The Morgan fingerprint density at radius 3 is 0.913 bits per heavy atom. The average Bonchev–Trinajstić information content (AvgIpc) is 1.55. The number of aromatic nitrogens is 3. The molecular weight excluding hydrogens is 1890 g/mol. The monoisotopic (exact) mass is 1970 g/mol. The third kappa shape index (κ3) is 15.9. The van der Waals surface area contributed by atoms with Crippen LogP contribution in [0.5, 0.6) is 0 Å². The van der Waals surface area contributed by atoms with Gasteiger partial charge in [-0.05, 0) is 181 Å². The lowest BCUT2D eigenvalue weighted by Crippen LogP contribution is -2.30. The molecule has 0 saturated heterocycles. The molecule has 6 amide bonds. The molecule has 6 heterocycles. The van der Waals surface area contributed by atoms with Crippen LogP contribution in [0.15, 0.2) is 413 Å². The first-order valence-electron chi connectivity index (χ1n) is 48.2. The number of hydrogen-bond donors (Lipinski definition) is 0. The highest BCUT2D eigenvalue weighted by Gasteiger charge is 2.46. The number of anilines is 3. The van der Waals surface area contributed by atoms with Gasteiger partial charge in [0.2, 0.25) is 0 Å². The van der Waals surface area contributed by atoms with E-state index >= 15 is 0 Å². The number of imide groups is 3. The Bertz CT molecular complexity index is 9400. The van der Waals surface area contributed by atoms with E-state index in [0.717, 1.165) is 111 Å². The highest BCUT2D eigenvalue weighted by molar-refractivity contribution is 6.39. The van der Waals surface area contributed by atoms with Gasteiger partial charge < -0.3 is 13.7 Å². The van der Waals surface area contributed by atoms with E-state index in [0.29, 0.717) is 89.7 Å². The van der Waals surface area contributed by atoms with Crippen LogP contribution in [0.1, 0.15) is 107 Å². The van der Waals surface area contributed by atoms with Crippen molar-refractivity contribution >= 4 is 118 Å². The van der Waals surface area contributed by atoms with E-state index < -0.39 is 64.4 Å². The summed E-state index contributed by atoms with van der Waals surface area (Å²) in [6.45, 7) is 9.78. The first-order chi connectivity index (χ1) is 72.0. The second-order valence-electron chi connectivity index (χ2n) is 37.4. The van der Waals surface area contributed by atoms with Crippen molar-refractivity contribution in [2.75, 3.05) is 14.7 Å². The maximum atomic E-state index is 14.9. The number of halogens is 9. The summed E-state index contributed by atoms with van der Waals surface area (Å²) in [4.78, 5) is 90.1. The van der Waals surface area contributed by atoms with Gasteiger partial charge in [0, 0.05) is 65.7 Å². The molecule has 0 unspecified atom stereocenters. The van der Waals surface area contributed by atoms with Crippen LogP contribution in [0.4, 0.5) is 56.6 Å². The molecule has 0 saturated carbocycles. The molecule has 0 spiro atoms. The molecule has 22 aromatic rings. The van der Waals surface area contributed by atoms with Crippen LogP contribution in [0.2, 0.25) is 0 Å². The third-order valence-corrected chi connectivity index (χ3v) is 28.3. The summed E-state index contributed by atoms with van der Waals surface area (Å²) < 4.78 is 135. The fraction of sp³-hybridized carbons (Fsp3) is 0.0625. The highest BCUT2D eigenvalue weighted by Crippen LogP contribution is 2.53. The minimum absolute atomic E-state index is 0.0121. The van der Waals surface area contributed by atoms with E-state index in [1.807, 2.05) is 243 Å². The topological polar surface area (TPSA) is 127 Å². The molecule has 0 radical (unpaired) electrons. The van der Waals surface area contributed by atoms with E-state index in [4.69, 9.17) is 0 Å². The molecule has 19 aromatic carbocycles. The summed E-state index contributed by atoms with van der Waals surface area (Å²) in [5, 5.41) is 4.98. The van der Waals surface area contributed by atoms with Gasteiger partial charge in [-0.15, -0.1) is 0 Å². The molecule has 25 rings (SSSR count). The summed E-state index contributed by atoms with van der Waals surface area (Å²) in [5.74, 6) is -2.76. The summed E-state index contributed by atoms with van der Waals surface area (Å²) in [5.41, 5.74) is 18.1. The maximum Gasteiger partial charge on any atom is 0.417 e. The van der Waals surface area contributed by atoms with Crippen LogP contribution in [0.3, 0.4) is 0 Å². The molecule has 12 nitrogen and oxygen atoms in total. The van der Waals surface area contributed by atoms with E-state index in [1.165, 1.54) is 33.1 Å². The fourth-order valence-electron chi connectivity index (χ4n) is 21.9. The van der Waals surface area contributed by atoms with Gasteiger partial charge >= 0.3 is 18.5 Å². The largest absolute Gasteiger partial charge is 0.417 e. The van der Waals surface area contributed by atoms with Gasteiger partial charge in [0.25, 0.3) is 35.4 Å². The van der Waals surface area contributed by atoms with Gasteiger partial charge in [-0.2, -0.15) is 39.5 Å². The maximum absolute atomic E-state index is 14.9. The zero-order valence-electron chi connectivity index (χ0n) is 80.3. The van der Waals surface area contributed by atoms with Gasteiger partial charge in [0.05, 0.1) is 117 Å². The number of rotatable bonds is 13. The van der Waals surface area contributed by atoms with E-state index in [2.05, 4.69) is 66.9 Å². The number of carbonyl (C=O) groups is 6. The standard InChI is InChI=1S/C48H30F6N2O2.C40H25F3N2O2.C40H28N2O2/c1-27-21-23-31(28(2)25-27)34-14-8-16-36-37-17-9-15-35(33-24-22-30(47(49,50)51)26-39(33)48(52,53)54)44(37)55(43(34)36)41-20-10-18-38-42(41)46(58)56(45(38)57)40-19-7-6-13-32(40)29-11-4-3-5-12-29;1-24-18-20-27(32(22-24)40(41,42)43)26-19-21-30-29-13-6-8-16-34(29)44(36(30)23-26)35-17-9-14-31-37(35)39(47)45(38(31)46)33-15-7-5-12-28(33)25-10-3-2-4-11-25;1-25-22-23-28(26(2)24-25)31-16-10-17-32-30-15-7-9-20-35(30)41(38(31)32)36-21-11-18-33-37(36)40(44)42(39(33)43)34-19-8-6-14-29(34)27-12-4-3-5-13-27/h3-26H,1-2H3;2-23H,1H3;3-24H,1-2H3. The molecular formula is C128H83F9N6O6. The van der Waals surface area contributed by atoms with Gasteiger partial charge in [-0.25, -0.2) is 14.7 Å². The van der Waals surface area contributed by atoms with Crippen molar-refractivity contribution in [1.82, 2.24) is 13.7 Å². The second-order valence-corrected chi connectivity index (χ2v) is 37.4. The van der Waals surface area contributed by atoms with Crippen molar-refractivity contribution in [1.29, 1.82) is 0 Å². The number of benzene rings is 19. The van der Waals surface area contributed by atoms with Crippen molar-refractivity contribution in [3.63, 3.8) is 0 Å². The van der Waals surface area contributed by atoms with E-state index in [9.17, 15) is 68.3 Å². The van der Waals surface area contributed by atoms with Crippen molar-refractivity contribution in [2.24, 2.45) is 0 Å². The number of carbonyl (C=O) groups excluding carboxylic acids is 6. The van der Waals surface area contributed by atoms with Crippen LogP contribution in [-0.2, 0) is 18.5 Å². The molecule has 21 heteroatoms. The number of nitrogens with zero attached hydrogens (tertiary/aromatic N) is 6. The lowest BCUT2D eigenvalue weighted by molar-refractivity contribution is -0.143. The molecule has 724 valence electrons. The number of para-hydroxylation sites is 8. The lowest BCUT2D eigenvalue weighted by atomic mass is 9.94. The fourth-order valence-corrected chi connectivity index (χ4v) is 21.9. The number of aryl methyl sites for hydroxylation is 5. The van der Waals surface area contributed by atoms with E-state index in [-0.39, 0.29) is 62.5 Å². The number of amides is 6. The quantitative estimate of drug-likeness (QED) is 0.0836. The summed E-state index contributed by atoms with van der Waals surface area (Å²) in [7, 11) is 0. The molecule has 0 fully saturated rings. The number of fused-ring (bicyclic) bond motifs is 12. The predicted octanol–water partition coefficient (Wildman–Crippen LogP) is 33.0. The summed E-state index contributed by atoms with van der Waals surface area (Å²) in [6, 6.07) is 122. The van der Waals surface area contributed by atoms with Crippen molar-refractivity contribution < 1.29 is 68.3 Å². The molecule has 0 bridgehead atoms. The van der Waals surface area contributed by atoms with Crippen LogP contribution >= 0.6 is 0 Å². The number of hydrogen-bond acceptors (Lipinski definition) is 6. The van der Waals surface area contributed by atoms with Crippen LogP contribution in [-0.4, -0.2) is 49.1 Å². The van der Waals surface area contributed by atoms with Gasteiger partial charge in [0.15, 0.2) is 0 Å². The number of alkyl halides is 9. The molecule has 3 aromatic heterocycles. The highest BCUT2D eigenvalue weighted by atomic mass is 19.4. The van der Waals surface area contributed by atoms with Crippen molar-refractivity contribution in [3.05, 3.63) is 490 Å². The minimum Gasteiger partial charge on any atom is -0.308 e. The molecule has 0 aliphatic carbocycles. The Morgan fingerprint density at radius 2 is 0.490 bits per heavy atom. The zero-order chi connectivity index (χ0) is 103. The Morgan fingerprint density at radius 1 is 0.188 bits per heavy atom. The molecule has 149 heavy (non-hydrogen) atoms. The Kier molecular flexibility index (Phi) is 23.1. The van der Waals surface area contributed by atoms with Crippen molar-refractivity contribution in [3.8, 4) is 95.0 Å². The first kappa shape index (κ1) is 94.0. The summed E-state index contributed by atoms with van der Waals surface area (Å²) >= 11 is 0. The Labute approximate surface area is 847 Å². The van der Waals surface area contributed by atoms with Crippen molar-refractivity contribution in [2.45, 2.75) is 53.1 Å². The van der Waals surface area contributed by atoms with Gasteiger partial charge in [-0.1, -0.05) is 338 Å². The second kappa shape index (κ2) is 36.6.